The van der Waals surface area contributed by atoms with Gasteiger partial charge in [-0.3, -0.25) is 0 Å². The second kappa shape index (κ2) is 10.7. The largest absolute Gasteiger partial charge is 0.456 e. The second-order valence-electron chi connectivity index (χ2n) is 13.6. The van der Waals surface area contributed by atoms with Gasteiger partial charge < -0.3 is 9.32 Å². The first-order chi connectivity index (χ1) is 25.3. The van der Waals surface area contributed by atoms with Crippen LogP contribution < -0.4 is 4.90 Å². The van der Waals surface area contributed by atoms with Crippen molar-refractivity contribution in [2.24, 2.45) is 0 Å². The number of furan rings is 1. The molecule has 238 valence electrons. The predicted molar refractivity (Wildman–Crippen MR) is 210 cm³/mol. The number of benzene rings is 8. The Labute approximate surface area is 296 Å². The van der Waals surface area contributed by atoms with Crippen molar-refractivity contribution in [1.82, 2.24) is 0 Å². The molecule has 1 spiro atoms. The Bertz CT molecular complexity index is 2810. The molecule has 11 rings (SSSR count). The van der Waals surface area contributed by atoms with Crippen LogP contribution in [0.15, 0.2) is 192 Å². The fourth-order valence-corrected chi connectivity index (χ4v) is 8.98. The summed E-state index contributed by atoms with van der Waals surface area (Å²) in [7, 11) is 0. The van der Waals surface area contributed by atoms with Crippen LogP contribution in [0.5, 0.6) is 0 Å². The van der Waals surface area contributed by atoms with Gasteiger partial charge in [0.2, 0.25) is 0 Å². The highest BCUT2D eigenvalue weighted by Crippen LogP contribution is 2.66. The zero-order chi connectivity index (χ0) is 33.5. The first-order valence-electron chi connectivity index (χ1n) is 17.6. The van der Waals surface area contributed by atoms with Crippen molar-refractivity contribution in [3.05, 3.63) is 210 Å². The molecule has 0 aliphatic heterocycles. The van der Waals surface area contributed by atoms with E-state index in [0.29, 0.717) is 0 Å². The molecule has 2 aliphatic rings. The summed E-state index contributed by atoms with van der Waals surface area (Å²) in [6.45, 7) is 0. The lowest BCUT2D eigenvalue weighted by Gasteiger charge is -2.31. The standard InChI is InChI=1S/C49H31NO/c1-2-13-32(14-3-1)34-25-28-36(29-26-34)50(37-30-27-33-15-4-5-16-35(33)31-37)44-23-12-22-43-46(44)38-17-6-9-20-41(38)49(43)42-21-10-7-18-39(42)48-47(49)40-19-8-11-24-45(40)51-48/h1-31H. The second-order valence-corrected chi connectivity index (χ2v) is 13.6. The van der Waals surface area contributed by atoms with Gasteiger partial charge in [0, 0.05) is 33.5 Å². The molecule has 1 atom stereocenters. The van der Waals surface area contributed by atoms with E-state index in [1.54, 1.807) is 0 Å². The van der Waals surface area contributed by atoms with E-state index in [-0.39, 0.29) is 0 Å². The minimum absolute atomic E-state index is 0.521. The Morgan fingerprint density at radius 2 is 1.06 bits per heavy atom. The molecule has 51 heavy (non-hydrogen) atoms. The minimum atomic E-state index is -0.521. The summed E-state index contributed by atoms with van der Waals surface area (Å²) in [6.07, 6.45) is 0. The van der Waals surface area contributed by atoms with Crippen LogP contribution >= 0.6 is 0 Å². The lowest BCUT2D eigenvalue weighted by molar-refractivity contribution is 0.628. The van der Waals surface area contributed by atoms with Crippen molar-refractivity contribution < 1.29 is 4.42 Å². The van der Waals surface area contributed by atoms with Crippen molar-refractivity contribution >= 4 is 38.8 Å². The maximum atomic E-state index is 6.75. The SMILES string of the molecule is c1ccc(-c2ccc(N(c3ccc4ccccc4c3)c3cccc4c3-c3ccccc3C43c4ccccc4-c4oc5ccccc5c43)cc2)cc1. The maximum Gasteiger partial charge on any atom is 0.140 e. The molecule has 1 heterocycles. The Morgan fingerprint density at radius 1 is 0.431 bits per heavy atom. The van der Waals surface area contributed by atoms with Crippen molar-refractivity contribution in [2.45, 2.75) is 5.41 Å². The lowest BCUT2D eigenvalue weighted by atomic mass is 9.70. The Kier molecular flexibility index (Phi) is 5.91. The molecular weight excluding hydrogens is 619 g/mol. The topological polar surface area (TPSA) is 16.4 Å². The van der Waals surface area contributed by atoms with E-state index in [0.717, 1.165) is 28.4 Å². The molecule has 8 aromatic carbocycles. The van der Waals surface area contributed by atoms with Gasteiger partial charge in [0.25, 0.3) is 0 Å². The van der Waals surface area contributed by atoms with Gasteiger partial charge >= 0.3 is 0 Å². The first kappa shape index (κ1) is 28.2. The van der Waals surface area contributed by atoms with E-state index in [1.807, 2.05) is 0 Å². The van der Waals surface area contributed by atoms with Gasteiger partial charge in [0.15, 0.2) is 0 Å². The van der Waals surface area contributed by atoms with Crippen molar-refractivity contribution in [3.8, 4) is 33.6 Å². The Morgan fingerprint density at radius 3 is 1.90 bits per heavy atom. The van der Waals surface area contributed by atoms with E-state index in [1.165, 1.54) is 66.2 Å². The molecule has 0 amide bonds. The number of hydrogen-bond donors (Lipinski definition) is 0. The molecule has 2 aliphatic carbocycles. The van der Waals surface area contributed by atoms with Gasteiger partial charge in [-0.25, -0.2) is 0 Å². The molecule has 0 saturated heterocycles. The third kappa shape index (κ3) is 3.87. The zero-order valence-electron chi connectivity index (χ0n) is 27.8. The van der Waals surface area contributed by atoms with Crippen LogP contribution in [0.1, 0.15) is 22.3 Å². The third-order valence-electron chi connectivity index (χ3n) is 11.1. The molecule has 1 unspecified atom stereocenters. The first-order valence-corrected chi connectivity index (χ1v) is 17.6. The number of para-hydroxylation sites is 1. The van der Waals surface area contributed by atoms with Crippen LogP contribution in [0.2, 0.25) is 0 Å². The van der Waals surface area contributed by atoms with Crippen LogP contribution in [0.25, 0.3) is 55.3 Å². The molecular formula is C49H31NO. The van der Waals surface area contributed by atoms with Crippen molar-refractivity contribution in [1.29, 1.82) is 0 Å². The van der Waals surface area contributed by atoms with Gasteiger partial charge in [-0.2, -0.15) is 0 Å². The maximum absolute atomic E-state index is 6.75. The third-order valence-corrected chi connectivity index (χ3v) is 11.1. The van der Waals surface area contributed by atoms with E-state index in [2.05, 4.69) is 193 Å². The van der Waals surface area contributed by atoms with Crippen LogP contribution in [-0.2, 0) is 5.41 Å². The van der Waals surface area contributed by atoms with Crippen LogP contribution in [0, 0.1) is 0 Å². The minimum Gasteiger partial charge on any atom is -0.456 e. The van der Waals surface area contributed by atoms with Crippen LogP contribution in [-0.4, -0.2) is 0 Å². The zero-order valence-corrected chi connectivity index (χ0v) is 27.8. The molecule has 0 radical (unpaired) electrons. The molecule has 2 heteroatoms. The van der Waals surface area contributed by atoms with Crippen LogP contribution in [0.4, 0.5) is 17.1 Å². The summed E-state index contributed by atoms with van der Waals surface area (Å²) in [4.78, 5) is 2.45. The summed E-state index contributed by atoms with van der Waals surface area (Å²) >= 11 is 0. The fourth-order valence-electron chi connectivity index (χ4n) is 8.98. The number of fused-ring (bicyclic) bond motifs is 13. The van der Waals surface area contributed by atoms with Crippen LogP contribution in [0.3, 0.4) is 0 Å². The van der Waals surface area contributed by atoms with E-state index >= 15 is 0 Å². The summed E-state index contributed by atoms with van der Waals surface area (Å²) < 4.78 is 6.75. The number of hydrogen-bond acceptors (Lipinski definition) is 2. The highest BCUT2D eigenvalue weighted by atomic mass is 16.3. The van der Waals surface area contributed by atoms with Gasteiger partial charge in [-0.15, -0.1) is 0 Å². The van der Waals surface area contributed by atoms with Crippen molar-refractivity contribution in [3.63, 3.8) is 0 Å². The summed E-state index contributed by atoms with van der Waals surface area (Å²) in [6, 6.07) is 68.3. The fraction of sp³-hybridized carbons (Fsp3) is 0.0204. The average Bonchev–Trinajstić information content (AvgIpc) is 3.83. The van der Waals surface area contributed by atoms with E-state index in [9.17, 15) is 0 Å². The molecule has 9 aromatic rings. The molecule has 0 fully saturated rings. The average molecular weight is 650 g/mol. The highest BCUT2D eigenvalue weighted by molar-refractivity contribution is 6.05. The lowest BCUT2D eigenvalue weighted by Crippen LogP contribution is -2.26. The van der Waals surface area contributed by atoms with Gasteiger partial charge in [-0.05, 0) is 80.6 Å². The van der Waals surface area contributed by atoms with Gasteiger partial charge in [-0.1, -0.05) is 152 Å². The number of rotatable bonds is 4. The van der Waals surface area contributed by atoms with Crippen molar-refractivity contribution in [2.75, 3.05) is 4.90 Å². The van der Waals surface area contributed by atoms with E-state index < -0.39 is 5.41 Å². The molecule has 0 N–H and O–H groups in total. The van der Waals surface area contributed by atoms with Gasteiger partial charge in [0.05, 0.1) is 11.1 Å². The molecule has 0 saturated carbocycles. The quantitative estimate of drug-likeness (QED) is 0.189. The Hall–Kier alpha value is -6.64. The van der Waals surface area contributed by atoms with Gasteiger partial charge in [0.1, 0.15) is 11.3 Å². The Balaban J connectivity index is 1.21. The number of nitrogens with zero attached hydrogens (tertiary/aromatic N) is 1. The molecule has 2 nitrogen and oxygen atoms in total. The molecule has 0 bridgehead atoms. The number of anilines is 3. The normalized spacial score (nSPS) is 15.1. The summed E-state index contributed by atoms with van der Waals surface area (Å²) in [5.74, 6) is 0.975. The smallest absolute Gasteiger partial charge is 0.140 e. The predicted octanol–water partition coefficient (Wildman–Crippen LogP) is 13.1. The van der Waals surface area contributed by atoms with E-state index in [4.69, 9.17) is 4.42 Å². The molecule has 1 aromatic heterocycles. The summed E-state index contributed by atoms with van der Waals surface area (Å²) in [5.41, 5.74) is 15.0. The monoisotopic (exact) mass is 649 g/mol. The highest BCUT2D eigenvalue weighted by Gasteiger charge is 2.55. The summed E-state index contributed by atoms with van der Waals surface area (Å²) in [5, 5.41) is 3.61.